The monoisotopic (exact) mass is 410 g/mol. The average Bonchev–Trinajstić information content (AvgIpc) is 2.71. The summed E-state index contributed by atoms with van der Waals surface area (Å²) in [7, 11) is 1.54. The van der Waals surface area contributed by atoms with Crippen molar-refractivity contribution in [2.24, 2.45) is 0 Å². The van der Waals surface area contributed by atoms with Gasteiger partial charge in [-0.2, -0.15) is 5.26 Å². The van der Waals surface area contributed by atoms with Crippen LogP contribution in [0, 0.1) is 17.1 Å². The van der Waals surface area contributed by atoms with Crippen LogP contribution in [0.5, 0.6) is 0 Å². The molecule has 0 fully saturated rings. The number of fused-ring (bicyclic) bond motifs is 1. The Balaban J connectivity index is 1.99. The molecule has 6 nitrogen and oxygen atoms in total. The van der Waals surface area contributed by atoms with E-state index < -0.39 is 5.82 Å². The molecule has 8 heteroatoms. The van der Waals surface area contributed by atoms with Crippen molar-refractivity contribution in [1.82, 2.24) is 4.98 Å². The minimum Gasteiger partial charge on any atom is -0.381 e. The van der Waals surface area contributed by atoms with Gasteiger partial charge in [-0.05, 0) is 36.4 Å². The summed E-state index contributed by atoms with van der Waals surface area (Å²) in [5, 5.41) is 15.9. The van der Waals surface area contributed by atoms with Crippen LogP contribution in [0.1, 0.15) is 5.56 Å². The highest BCUT2D eigenvalue weighted by Gasteiger charge is 2.12. The molecule has 3 aromatic rings. The van der Waals surface area contributed by atoms with Gasteiger partial charge in [0.2, 0.25) is 5.91 Å². The molecular formula is C21H16ClFN4O2. The summed E-state index contributed by atoms with van der Waals surface area (Å²) < 4.78 is 18.3. The van der Waals surface area contributed by atoms with Crippen LogP contribution in [0.25, 0.3) is 10.9 Å². The number of benzene rings is 2. The van der Waals surface area contributed by atoms with Crippen molar-refractivity contribution < 1.29 is 13.9 Å². The number of aromatic nitrogens is 1. The number of ether oxygens (including phenoxy) is 1. The van der Waals surface area contributed by atoms with Crippen LogP contribution in [0.3, 0.4) is 0 Å². The van der Waals surface area contributed by atoms with Gasteiger partial charge in [0.05, 0.1) is 28.4 Å². The Labute approximate surface area is 171 Å². The van der Waals surface area contributed by atoms with Crippen LogP contribution in [0.15, 0.2) is 54.7 Å². The molecule has 1 amide bonds. The van der Waals surface area contributed by atoms with Crippen LogP contribution < -0.4 is 10.6 Å². The summed E-state index contributed by atoms with van der Waals surface area (Å²) in [6.07, 6.45) is 4.41. The summed E-state index contributed by atoms with van der Waals surface area (Å²) in [5.74, 6) is -0.852. The second kappa shape index (κ2) is 9.15. The molecule has 0 bridgehead atoms. The van der Waals surface area contributed by atoms with Crippen molar-refractivity contribution in [2.45, 2.75) is 0 Å². The fourth-order valence-electron chi connectivity index (χ4n) is 2.64. The fraction of sp³-hybridized carbons (Fsp3) is 0.0952. The van der Waals surface area contributed by atoms with E-state index in [1.807, 2.05) is 0 Å². The standard InChI is InChI=1S/C21H16ClFN4O2/c1-29-8-2-3-20(28)26-14-5-7-19-16(9-14)21(13(11-24)12-25-19)27-15-4-6-18(23)17(22)10-15/h2-7,9-10,12H,8H2,1H3,(H,25,27)(H,26,28). The van der Waals surface area contributed by atoms with E-state index in [1.165, 1.54) is 37.6 Å². The lowest BCUT2D eigenvalue weighted by atomic mass is 10.1. The number of nitrogens with zero attached hydrogens (tertiary/aromatic N) is 2. The van der Waals surface area contributed by atoms with Crippen LogP contribution in [-0.2, 0) is 9.53 Å². The van der Waals surface area contributed by atoms with Gasteiger partial charge in [-0.3, -0.25) is 9.78 Å². The van der Waals surface area contributed by atoms with Crippen molar-refractivity contribution in [3.05, 3.63) is 71.2 Å². The second-order valence-corrected chi connectivity index (χ2v) is 6.40. The van der Waals surface area contributed by atoms with Gasteiger partial charge in [0.15, 0.2) is 0 Å². The van der Waals surface area contributed by atoms with Crippen LogP contribution in [-0.4, -0.2) is 24.6 Å². The van der Waals surface area contributed by atoms with Crippen LogP contribution in [0.2, 0.25) is 5.02 Å². The molecule has 0 radical (unpaired) electrons. The molecule has 2 aromatic carbocycles. The van der Waals surface area contributed by atoms with E-state index in [9.17, 15) is 14.4 Å². The molecular weight excluding hydrogens is 395 g/mol. The Morgan fingerprint density at radius 1 is 1.31 bits per heavy atom. The number of rotatable bonds is 6. The van der Waals surface area contributed by atoms with Crippen molar-refractivity contribution in [2.75, 3.05) is 24.4 Å². The third-order valence-electron chi connectivity index (χ3n) is 3.98. The molecule has 0 spiro atoms. The lowest BCUT2D eigenvalue weighted by molar-refractivity contribution is -0.111. The summed E-state index contributed by atoms with van der Waals surface area (Å²) in [6, 6.07) is 11.4. The predicted molar refractivity (Wildman–Crippen MR) is 111 cm³/mol. The number of nitrogens with one attached hydrogen (secondary N) is 2. The van der Waals surface area contributed by atoms with Gasteiger partial charge in [-0.1, -0.05) is 17.7 Å². The topological polar surface area (TPSA) is 87.0 Å². The highest BCUT2D eigenvalue weighted by atomic mass is 35.5. The van der Waals surface area contributed by atoms with Gasteiger partial charge in [0.1, 0.15) is 11.9 Å². The first-order valence-electron chi connectivity index (χ1n) is 8.53. The van der Waals surface area contributed by atoms with Crippen molar-refractivity contribution in [1.29, 1.82) is 5.26 Å². The van der Waals surface area contributed by atoms with E-state index in [4.69, 9.17) is 16.3 Å². The first kappa shape index (κ1) is 20.3. The molecule has 1 aromatic heterocycles. The molecule has 146 valence electrons. The quantitative estimate of drug-likeness (QED) is 0.571. The van der Waals surface area contributed by atoms with Crippen LogP contribution in [0.4, 0.5) is 21.5 Å². The maximum atomic E-state index is 13.4. The number of anilines is 3. The Morgan fingerprint density at radius 3 is 2.83 bits per heavy atom. The van der Waals surface area contributed by atoms with E-state index in [-0.39, 0.29) is 10.9 Å². The number of carbonyl (C=O) groups is 1. The molecule has 0 aliphatic heterocycles. The Hall–Kier alpha value is -3.47. The van der Waals surface area contributed by atoms with Gasteiger partial charge in [0, 0.05) is 36.1 Å². The highest BCUT2D eigenvalue weighted by molar-refractivity contribution is 6.31. The smallest absolute Gasteiger partial charge is 0.248 e. The second-order valence-electron chi connectivity index (χ2n) is 5.99. The van der Waals surface area contributed by atoms with Crippen molar-refractivity contribution in [3.63, 3.8) is 0 Å². The number of nitriles is 1. The first-order valence-corrected chi connectivity index (χ1v) is 8.91. The van der Waals surface area contributed by atoms with E-state index in [0.29, 0.717) is 40.1 Å². The normalized spacial score (nSPS) is 10.8. The zero-order valence-electron chi connectivity index (χ0n) is 15.4. The van der Waals surface area contributed by atoms with Crippen molar-refractivity contribution >= 4 is 45.5 Å². The summed E-state index contributed by atoms with van der Waals surface area (Å²) >= 11 is 5.85. The fourth-order valence-corrected chi connectivity index (χ4v) is 2.82. The molecule has 0 saturated carbocycles. The minimum absolute atomic E-state index is 0.0392. The van der Waals surface area contributed by atoms with Gasteiger partial charge < -0.3 is 15.4 Å². The molecule has 3 rings (SSSR count). The molecule has 0 aliphatic carbocycles. The average molecular weight is 411 g/mol. The molecule has 29 heavy (non-hydrogen) atoms. The number of methoxy groups -OCH3 is 1. The third kappa shape index (κ3) is 4.88. The number of halogens is 2. The minimum atomic E-state index is -0.538. The number of hydrogen-bond donors (Lipinski definition) is 2. The summed E-state index contributed by atoms with van der Waals surface area (Å²) in [6.45, 7) is 0.328. The maximum absolute atomic E-state index is 13.4. The Morgan fingerprint density at radius 2 is 2.10 bits per heavy atom. The largest absolute Gasteiger partial charge is 0.381 e. The predicted octanol–water partition coefficient (Wildman–Crippen LogP) is 4.78. The molecule has 1 heterocycles. The molecule has 0 atom stereocenters. The van der Waals surface area contributed by atoms with Gasteiger partial charge in [-0.25, -0.2) is 4.39 Å². The Kier molecular flexibility index (Phi) is 6.39. The third-order valence-corrected chi connectivity index (χ3v) is 4.27. The number of carbonyl (C=O) groups excluding carboxylic acids is 1. The van der Waals surface area contributed by atoms with E-state index in [0.717, 1.165) is 0 Å². The lowest BCUT2D eigenvalue weighted by Crippen LogP contribution is -2.08. The molecule has 0 saturated heterocycles. The zero-order chi connectivity index (χ0) is 20.8. The SMILES string of the molecule is COCC=CC(=O)Nc1ccc2ncc(C#N)c(Nc3ccc(F)c(Cl)c3)c2c1. The van der Waals surface area contributed by atoms with Gasteiger partial charge in [0.25, 0.3) is 0 Å². The van der Waals surface area contributed by atoms with Crippen molar-refractivity contribution in [3.8, 4) is 6.07 Å². The Bertz CT molecular complexity index is 1140. The summed E-state index contributed by atoms with van der Waals surface area (Å²) in [4.78, 5) is 16.3. The van der Waals surface area contributed by atoms with E-state index >= 15 is 0 Å². The van der Waals surface area contributed by atoms with Gasteiger partial charge >= 0.3 is 0 Å². The highest BCUT2D eigenvalue weighted by Crippen LogP contribution is 2.32. The molecule has 0 unspecified atom stereocenters. The number of amides is 1. The van der Waals surface area contributed by atoms with Gasteiger partial charge in [-0.15, -0.1) is 0 Å². The number of hydrogen-bond acceptors (Lipinski definition) is 5. The van der Waals surface area contributed by atoms with Crippen LogP contribution >= 0.6 is 11.6 Å². The molecule has 2 N–H and O–H groups in total. The maximum Gasteiger partial charge on any atom is 0.248 e. The lowest BCUT2D eigenvalue weighted by Gasteiger charge is -2.13. The van der Waals surface area contributed by atoms with E-state index in [2.05, 4.69) is 21.7 Å². The zero-order valence-corrected chi connectivity index (χ0v) is 16.1. The van der Waals surface area contributed by atoms with E-state index in [1.54, 1.807) is 24.3 Å². The number of pyridine rings is 1. The molecule has 0 aliphatic rings. The first-order chi connectivity index (χ1) is 14.0. The summed E-state index contributed by atoms with van der Waals surface area (Å²) in [5.41, 5.74) is 2.43.